The summed E-state index contributed by atoms with van der Waals surface area (Å²) in [4.78, 5) is 4.09. The van der Waals surface area contributed by atoms with Gasteiger partial charge in [-0.15, -0.1) is 0 Å². The second kappa shape index (κ2) is 7.20. The summed E-state index contributed by atoms with van der Waals surface area (Å²) in [6, 6.07) is 15.0. The lowest BCUT2D eigenvalue weighted by molar-refractivity contribution is -0.0524. The molecule has 0 N–H and O–H groups in total. The smallest absolute Gasteiger partial charge is 0.137 e. The van der Waals surface area contributed by atoms with Crippen LogP contribution in [0.15, 0.2) is 55.1 Å². The zero-order valence-electron chi connectivity index (χ0n) is 15.6. The fraction of sp³-hybridized carbons (Fsp3) is 0.455. The Balaban J connectivity index is 1.49. The Morgan fingerprint density at radius 2 is 2.00 bits per heavy atom. The van der Waals surface area contributed by atoms with E-state index in [-0.39, 0.29) is 6.10 Å². The average molecular weight is 349 g/mol. The fourth-order valence-corrected chi connectivity index (χ4v) is 4.30. The zero-order chi connectivity index (χ0) is 18.0. The van der Waals surface area contributed by atoms with Crippen molar-refractivity contribution in [3.8, 4) is 0 Å². The van der Waals surface area contributed by atoms with Crippen LogP contribution in [0.2, 0.25) is 0 Å². The topological polar surface area (TPSA) is 39.9 Å². The molecule has 4 heteroatoms. The van der Waals surface area contributed by atoms with Crippen molar-refractivity contribution in [2.45, 2.75) is 52.4 Å². The maximum Gasteiger partial charge on any atom is 0.137 e. The van der Waals surface area contributed by atoms with Crippen molar-refractivity contribution < 1.29 is 4.74 Å². The summed E-state index contributed by atoms with van der Waals surface area (Å²) in [7, 11) is 0. The van der Waals surface area contributed by atoms with Crippen molar-refractivity contribution in [2.24, 2.45) is 11.3 Å². The van der Waals surface area contributed by atoms with E-state index in [1.165, 1.54) is 22.8 Å². The van der Waals surface area contributed by atoms with Crippen LogP contribution < -0.4 is 0 Å². The van der Waals surface area contributed by atoms with Gasteiger partial charge in [-0.1, -0.05) is 56.3 Å². The van der Waals surface area contributed by atoms with E-state index in [2.05, 4.69) is 66.4 Å². The number of benzene rings is 2. The SMILES string of the molecule is CC1(C)CC[C@@H](OCc2cccc3ccccc23)[C@H](Cn2cncn2)C1. The minimum atomic E-state index is 0.270. The highest BCUT2D eigenvalue weighted by molar-refractivity contribution is 5.85. The first-order valence-corrected chi connectivity index (χ1v) is 9.51. The first kappa shape index (κ1) is 17.2. The van der Waals surface area contributed by atoms with Crippen molar-refractivity contribution >= 4 is 10.8 Å². The van der Waals surface area contributed by atoms with Gasteiger partial charge >= 0.3 is 0 Å². The molecule has 3 aromatic rings. The van der Waals surface area contributed by atoms with E-state index in [1.807, 2.05) is 11.0 Å². The number of fused-ring (bicyclic) bond motifs is 1. The van der Waals surface area contributed by atoms with Gasteiger partial charge in [-0.25, -0.2) is 4.98 Å². The Morgan fingerprint density at radius 1 is 1.15 bits per heavy atom. The Kier molecular flexibility index (Phi) is 4.77. The van der Waals surface area contributed by atoms with Gasteiger partial charge in [0.1, 0.15) is 12.7 Å². The largest absolute Gasteiger partial charge is 0.373 e. The highest BCUT2D eigenvalue weighted by Gasteiger charge is 2.35. The summed E-state index contributed by atoms with van der Waals surface area (Å²) in [5, 5.41) is 6.87. The van der Waals surface area contributed by atoms with E-state index in [0.29, 0.717) is 17.9 Å². The van der Waals surface area contributed by atoms with Crippen LogP contribution in [-0.2, 0) is 17.9 Å². The molecule has 0 unspecified atom stereocenters. The minimum absolute atomic E-state index is 0.270. The Hall–Kier alpha value is -2.20. The van der Waals surface area contributed by atoms with Gasteiger partial charge in [0.2, 0.25) is 0 Å². The van der Waals surface area contributed by atoms with Crippen LogP contribution in [0, 0.1) is 11.3 Å². The average Bonchev–Trinajstić information content (AvgIpc) is 3.13. The molecular weight excluding hydrogens is 322 g/mol. The first-order chi connectivity index (χ1) is 12.6. The van der Waals surface area contributed by atoms with Crippen LogP contribution in [0.1, 0.15) is 38.7 Å². The fourth-order valence-electron chi connectivity index (χ4n) is 4.30. The third kappa shape index (κ3) is 3.80. The van der Waals surface area contributed by atoms with Gasteiger partial charge < -0.3 is 4.74 Å². The van der Waals surface area contributed by atoms with E-state index in [4.69, 9.17) is 4.74 Å². The summed E-state index contributed by atoms with van der Waals surface area (Å²) in [5.74, 6) is 0.468. The Labute approximate surface area is 155 Å². The van der Waals surface area contributed by atoms with Gasteiger partial charge in [-0.3, -0.25) is 4.68 Å². The lowest BCUT2D eigenvalue weighted by Crippen LogP contribution is -2.37. The normalized spacial score (nSPS) is 22.5. The molecule has 0 amide bonds. The van der Waals surface area contributed by atoms with Crippen LogP contribution in [0.4, 0.5) is 0 Å². The molecule has 0 saturated heterocycles. The summed E-state index contributed by atoms with van der Waals surface area (Å²) >= 11 is 0. The van der Waals surface area contributed by atoms with Crippen LogP contribution in [-0.4, -0.2) is 20.9 Å². The van der Waals surface area contributed by atoms with Crippen LogP contribution in [0.25, 0.3) is 10.8 Å². The minimum Gasteiger partial charge on any atom is -0.373 e. The molecule has 136 valence electrons. The highest BCUT2D eigenvalue weighted by Crippen LogP contribution is 2.41. The molecule has 1 aromatic heterocycles. The quantitative estimate of drug-likeness (QED) is 0.661. The monoisotopic (exact) mass is 349 g/mol. The molecule has 2 atom stereocenters. The Bertz CT molecular complexity index is 851. The van der Waals surface area contributed by atoms with E-state index in [1.54, 1.807) is 6.33 Å². The number of hydrogen-bond donors (Lipinski definition) is 0. The summed E-state index contributed by atoms with van der Waals surface area (Å²) in [6.07, 6.45) is 7.17. The maximum absolute atomic E-state index is 6.47. The molecule has 1 fully saturated rings. The van der Waals surface area contributed by atoms with E-state index in [9.17, 15) is 0 Å². The predicted molar refractivity (Wildman–Crippen MR) is 104 cm³/mol. The standard InChI is InChI=1S/C22H27N3O/c1-22(2)11-10-21(19(12-22)13-25-16-23-15-24-25)26-14-18-8-5-7-17-6-3-4-9-20(17)18/h3-9,15-16,19,21H,10-14H2,1-2H3/t19-,21+/m0/s1. The van der Waals surface area contributed by atoms with E-state index < -0.39 is 0 Å². The number of aromatic nitrogens is 3. The van der Waals surface area contributed by atoms with Crippen molar-refractivity contribution in [2.75, 3.05) is 0 Å². The van der Waals surface area contributed by atoms with Crippen molar-refractivity contribution in [1.29, 1.82) is 0 Å². The van der Waals surface area contributed by atoms with Gasteiger partial charge in [0.05, 0.1) is 12.7 Å². The van der Waals surface area contributed by atoms with E-state index >= 15 is 0 Å². The molecule has 0 radical (unpaired) electrons. The van der Waals surface area contributed by atoms with Crippen LogP contribution in [0.3, 0.4) is 0 Å². The third-order valence-corrected chi connectivity index (χ3v) is 5.67. The predicted octanol–water partition coefficient (Wildman–Crippen LogP) is 4.84. The van der Waals surface area contributed by atoms with Crippen molar-refractivity contribution in [1.82, 2.24) is 14.8 Å². The molecule has 1 aliphatic rings. The lowest BCUT2D eigenvalue weighted by Gasteiger charge is -2.40. The first-order valence-electron chi connectivity index (χ1n) is 9.51. The Morgan fingerprint density at radius 3 is 2.85 bits per heavy atom. The van der Waals surface area contributed by atoms with Crippen molar-refractivity contribution in [3.63, 3.8) is 0 Å². The molecule has 26 heavy (non-hydrogen) atoms. The second-order valence-corrected chi connectivity index (χ2v) is 8.27. The second-order valence-electron chi connectivity index (χ2n) is 8.27. The van der Waals surface area contributed by atoms with Gasteiger partial charge in [-0.05, 0) is 41.0 Å². The van der Waals surface area contributed by atoms with Gasteiger partial charge in [0, 0.05) is 12.5 Å². The summed E-state index contributed by atoms with van der Waals surface area (Å²) in [6.45, 7) is 6.27. The molecule has 4 nitrogen and oxygen atoms in total. The number of rotatable bonds is 5. The van der Waals surface area contributed by atoms with Gasteiger partial charge in [0.15, 0.2) is 0 Å². The lowest BCUT2D eigenvalue weighted by atomic mass is 9.71. The summed E-state index contributed by atoms with van der Waals surface area (Å²) in [5.41, 5.74) is 1.64. The number of hydrogen-bond acceptors (Lipinski definition) is 3. The molecule has 4 rings (SSSR count). The van der Waals surface area contributed by atoms with Gasteiger partial charge in [-0.2, -0.15) is 5.10 Å². The van der Waals surface area contributed by atoms with Crippen LogP contribution >= 0.6 is 0 Å². The number of nitrogens with zero attached hydrogens (tertiary/aromatic N) is 3. The highest BCUT2D eigenvalue weighted by atomic mass is 16.5. The number of ether oxygens (including phenoxy) is 1. The molecule has 0 spiro atoms. The third-order valence-electron chi connectivity index (χ3n) is 5.67. The molecule has 1 saturated carbocycles. The molecular formula is C22H27N3O. The molecule has 0 bridgehead atoms. The van der Waals surface area contributed by atoms with E-state index in [0.717, 1.165) is 19.4 Å². The summed E-state index contributed by atoms with van der Waals surface area (Å²) < 4.78 is 8.42. The zero-order valence-corrected chi connectivity index (χ0v) is 15.6. The molecule has 1 heterocycles. The maximum atomic E-state index is 6.47. The van der Waals surface area contributed by atoms with Gasteiger partial charge in [0.25, 0.3) is 0 Å². The molecule has 2 aromatic carbocycles. The molecule has 1 aliphatic carbocycles. The van der Waals surface area contributed by atoms with Crippen molar-refractivity contribution in [3.05, 3.63) is 60.7 Å². The van der Waals surface area contributed by atoms with Crippen LogP contribution in [0.5, 0.6) is 0 Å². The molecule has 0 aliphatic heterocycles.